The first kappa shape index (κ1) is 12.1. The molecule has 3 nitrogen and oxygen atoms in total. The van der Waals surface area contributed by atoms with Crippen molar-refractivity contribution in [2.75, 3.05) is 7.11 Å². The van der Waals surface area contributed by atoms with E-state index in [0.717, 1.165) is 12.8 Å². The number of esters is 1. The summed E-state index contributed by atoms with van der Waals surface area (Å²) in [6.07, 6.45) is 6.11. The molecule has 0 spiro atoms. The van der Waals surface area contributed by atoms with Crippen LogP contribution in [0.15, 0.2) is 23.3 Å². The second-order valence-corrected chi connectivity index (χ2v) is 5.19. The highest BCUT2D eigenvalue weighted by atomic mass is 16.5. The molecule has 0 unspecified atom stereocenters. The van der Waals surface area contributed by atoms with Crippen molar-refractivity contribution in [3.05, 3.63) is 23.3 Å². The summed E-state index contributed by atoms with van der Waals surface area (Å²) >= 11 is 0. The van der Waals surface area contributed by atoms with Crippen LogP contribution < -0.4 is 0 Å². The SMILES string of the molecule is COC(=O)C1=CC(=O)[C@]2(C)CCC=C(C)[C@H]2C1. The van der Waals surface area contributed by atoms with E-state index in [9.17, 15) is 9.59 Å². The Labute approximate surface area is 102 Å². The van der Waals surface area contributed by atoms with E-state index in [0.29, 0.717) is 12.0 Å². The molecule has 2 atom stereocenters. The Morgan fingerprint density at radius 3 is 2.88 bits per heavy atom. The molecule has 0 heterocycles. The Morgan fingerprint density at radius 1 is 1.53 bits per heavy atom. The lowest BCUT2D eigenvalue weighted by molar-refractivity contribution is -0.138. The Bertz CT molecular complexity index is 431. The lowest BCUT2D eigenvalue weighted by Gasteiger charge is -2.42. The molecule has 0 amide bonds. The maximum Gasteiger partial charge on any atom is 0.333 e. The fourth-order valence-corrected chi connectivity index (χ4v) is 2.98. The van der Waals surface area contributed by atoms with Crippen LogP contribution in [0.5, 0.6) is 0 Å². The van der Waals surface area contributed by atoms with Gasteiger partial charge in [0.2, 0.25) is 0 Å². The molecule has 0 radical (unpaired) electrons. The van der Waals surface area contributed by atoms with Gasteiger partial charge in [-0.25, -0.2) is 4.79 Å². The first-order chi connectivity index (χ1) is 7.99. The third kappa shape index (κ3) is 1.84. The van der Waals surface area contributed by atoms with Gasteiger partial charge in [0, 0.05) is 11.0 Å². The Morgan fingerprint density at radius 2 is 2.24 bits per heavy atom. The number of ketones is 1. The molecule has 0 bridgehead atoms. The summed E-state index contributed by atoms with van der Waals surface area (Å²) in [6.45, 7) is 4.07. The van der Waals surface area contributed by atoms with Crippen LogP contribution in [0, 0.1) is 11.3 Å². The van der Waals surface area contributed by atoms with Gasteiger partial charge in [-0.1, -0.05) is 18.6 Å². The standard InChI is InChI=1S/C14H18O3/c1-9-5-4-6-14(2)11(9)7-10(8-12(14)15)13(16)17-3/h5,8,11H,4,6-7H2,1-3H3/t11-,14-/m1/s1. The predicted octanol–water partition coefficient (Wildman–Crippen LogP) is 2.42. The van der Waals surface area contributed by atoms with Crippen LogP contribution in [0.3, 0.4) is 0 Å². The third-order valence-corrected chi connectivity index (χ3v) is 4.19. The zero-order valence-corrected chi connectivity index (χ0v) is 10.6. The van der Waals surface area contributed by atoms with Crippen LogP contribution in [0.4, 0.5) is 0 Å². The monoisotopic (exact) mass is 234 g/mol. The van der Waals surface area contributed by atoms with Crippen molar-refractivity contribution in [1.29, 1.82) is 0 Å². The summed E-state index contributed by atoms with van der Waals surface area (Å²) in [4.78, 5) is 23.8. The summed E-state index contributed by atoms with van der Waals surface area (Å²) in [5.41, 5.74) is 1.41. The van der Waals surface area contributed by atoms with Crippen molar-refractivity contribution < 1.29 is 14.3 Å². The quantitative estimate of drug-likeness (QED) is 0.517. The summed E-state index contributed by atoms with van der Waals surface area (Å²) in [6, 6.07) is 0. The number of rotatable bonds is 1. The average molecular weight is 234 g/mol. The number of hydrogen-bond donors (Lipinski definition) is 0. The largest absolute Gasteiger partial charge is 0.466 e. The zero-order chi connectivity index (χ0) is 12.6. The fourth-order valence-electron chi connectivity index (χ4n) is 2.98. The van der Waals surface area contributed by atoms with E-state index in [-0.39, 0.29) is 23.1 Å². The number of methoxy groups -OCH3 is 1. The molecule has 0 saturated carbocycles. The smallest absolute Gasteiger partial charge is 0.333 e. The van der Waals surface area contributed by atoms with Gasteiger partial charge in [-0.3, -0.25) is 4.79 Å². The first-order valence-corrected chi connectivity index (χ1v) is 5.99. The van der Waals surface area contributed by atoms with Crippen molar-refractivity contribution in [2.45, 2.75) is 33.1 Å². The summed E-state index contributed by atoms with van der Waals surface area (Å²) < 4.78 is 4.71. The molecule has 0 aromatic carbocycles. The number of fused-ring (bicyclic) bond motifs is 1. The molecule has 17 heavy (non-hydrogen) atoms. The normalized spacial score (nSPS) is 32.4. The van der Waals surface area contributed by atoms with Gasteiger partial charge in [-0.2, -0.15) is 0 Å². The van der Waals surface area contributed by atoms with E-state index in [1.54, 1.807) is 0 Å². The molecule has 0 saturated heterocycles. The van der Waals surface area contributed by atoms with Crippen molar-refractivity contribution in [2.24, 2.45) is 11.3 Å². The molecule has 92 valence electrons. The van der Waals surface area contributed by atoms with Crippen LogP contribution >= 0.6 is 0 Å². The van der Waals surface area contributed by atoms with Crippen molar-refractivity contribution >= 4 is 11.8 Å². The van der Waals surface area contributed by atoms with Gasteiger partial charge < -0.3 is 4.74 Å². The minimum Gasteiger partial charge on any atom is -0.466 e. The second-order valence-electron chi connectivity index (χ2n) is 5.19. The molecule has 0 aromatic heterocycles. The molecule has 0 fully saturated rings. The van der Waals surface area contributed by atoms with Crippen LogP contribution in [0.1, 0.15) is 33.1 Å². The van der Waals surface area contributed by atoms with E-state index in [1.165, 1.54) is 18.8 Å². The first-order valence-electron chi connectivity index (χ1n) is 5.99. The summed E-state index contributed by atoms with van der Waals surface area (Å²) in [7, 11) is 1.35. The average Bonchev–Trinajstić information content (AvgIpc) is 2.30. The highest BCUT2D eigenvalue weighted by Gasteiger charge is 2.45. The Hall–Kier alpha value is -1.38. The zero-order valence-electron chi connectivity index (χ0n) is 10.6. The van der Waals surface area contributed by atoms with E-state index in [2.05, 4.69) is 13.0 Å². The molecule has 0 aromatic rings. The van der Waals surface area contributed by atoms with Crippen molar-refractivity contribution in [3.8, 4) is 0 Å². The highest BCUT2D eigenvalue weighted by molar-refractivity contribution is 6.04. The maximum absolute atomic E-state index is 12.2. The molecular weight excluding hydrogens is 216 g/mol. The van der Waals surface area contributed by atoms with Gasteiger partial charge >= 0.3 is 5.97 Å². The van der Waals surface area contributed by atoms with Crippen LogP contribution in [0.2, 0.25) is 0 Å². The van der Waals surface area contributed by atoms with Gasteiger partial charge in [-0.15, -0.1) is 0 Å². The topological polar surface area (TPSA) is 43.4 Å². The Kier molecular flexibility index (Phi) is 2.94. The second kappa shape index (κ2) is 4.13. The number of carbonyl (C=O) groups excluding carboxylic acids is 2. The molecule has 3 heteroatoms. The van der Waals surface area contributed by atoms with Crippen molar-refractivity contribution in [3.63, 3.8) is 0 Å². The molecule has 2 aliphatic carbocycles. The predicted molar refractivity (Wildman–Crippen MR) is 64.3 cm³/mol. The number of carbonyl (C=O) groups is 2. The maximum atomic E-state index is 12.2. The molecule has 2 rings (SSSR count). The lowest BCUT2D eigenvalue weighted by Crippen LogP contribution is -2.41. The lowest BCUT2D eigenvalue weighted by atomic mass is 9.60. The summed E-state index contributed by atoms with van der Waals surface area (Å²) in [5, 5.41) is 0. The van der Waals surface area contributed by atoms with Gasteiger partial charge in [0.1, 0.15) is 0 Å². The minimum absolute atomic E-state index is 0.0709. The molecule has 0 aliphatic heterocycles. The number of allylic oxidation sites excluding steroid dienone is 3. The van der Waals surface area contributed by atoms with Crippen LogP contribution in [-0.4, -0.2) is 18.9 Å². The molecular formula is C14H18O3. The summed E-state index contributed by atoms with van der Waals surface area (Å²) in [5.74, 6) is -0.150. The minimum atomic E-state index is -0.376. The Balaban J connectivity index is 2.38. The van der Waals surface area contributed by atoms with Gasteiger partial charge in [0.15, 0.2) is 5.78 Å². The van der Waals surface area contributed by atoms with Crippen molar-refractivity contribution in [1.82, 2.24) is 0 Å². The fraction of sp³-hybridized carbons (Fsp3) is 0.571. The van der Waals surface area contributed by atoms with Gasteiger partial charge in [0.05, 0.1) is 7.11 Å². The van der Waals surface area contributed by atoms with Gasteiger partial charge in [-0.05, 0) is 38.2 Å². The van der Waals surface area contributed by atoms with Crippen LogP contribution in [-0.2, 0) is 14.3 Å². The van der Waals surface area contributed by atoms with E-state index in [1.807, 2.05) is 6.92 Å². The van der Waals surface area contributed by atoms with Crippen LogP contribution in [0.25, 0.3) is 0 Å². The van der Waals surface area contributed by atoms with E-state index < -0.39 is 0 Å². The number of hydrogen-bond acceptors (Lipinski definition) is 3. The molecule has 0 N–H and O–H groups in total. The molecule has 2 aliphatic rings. The third-order valence-electron chi connectivity index (χ3n) is 4.19. The van der Waals surface area contributed by atoms with Gasteiger partial charge in [0.25, 0.3) is 0 Å². The highest BCUT2D eigenvalue weighted by Crippen LogP contribution is 2.48. The van der Waals surface area contributed by atoms with E-state index >= 15 is 0 Å². The van der Waals surface area contributed by atoms with E-state index in [4.69, 9.17) is 4.74 Å². The number of ether oxygens (including phenoxy) is 1.